The summed E-state index contributed by atoms with van der Waals surface area (Å²) in [4.78, 5) is 12.3. The lowest BCUT2D eigenvalue weighted by Crippen LogP contribution is -2.26. The van der Waals surface area contributed by atoms with Gasteiger partial charge in [-0.25, -0.2) is 0 Å². The zero-order valence-corrected chi connectivity index (χ0v) is 12.6. The predicted octanol–water partition coefficient (Wildman–Crippen LogP) is 3.40. The standard InChI is InChI=1S/C18H22N2O/c1-3-19-17-13-14(2)9-10-16(17)18(21)20-12-11-15-7-5-4-6-8-15/h4-10,13,19H,3,11-12H2,1-2H3,(H,20,21). The molecule has 3 nitrogen and oxygen atoms in total. The van der Waals surface area contributed by atoms with Crippen LogP contribution in [0.25, 0.3) is 0 Å². The van der Waals surface area contributed by atoms with Gasteiger partial charge in [-0.15, -0.1) is 0 Å². The van der Waals surface area contributed by atoms with Gasteiger partial charge in [0, 0.05) is 18.8 Å². The minimum Gasteiger partial charge on any atom is -0.385 e. The van der Waals surface area contributed by atoms with Gasteiger partial charge >= 0.3 is 0 Å². The van der Waals surface area contributed by atoms with Crippen LogP contribution in [0, 0.1) is 6.92 Å². The zero-order chi connectivity index (χ0) is 15.1. The fourth-order valence-corrected chi connectivity index (χ4v) is 2.25. The maximum Gasteiger partial charge on any atom is 0.253 e. The molecule has 2 aromatic carbocycles. The number of benzene rings is 2. The van der Waals surface area contributed by atoms with Crippen molar-refractivity contribution in [3.8, 4) is 0 Å². The number of rotatable bonds is 6. The second-order valence-corrected chi connectivity index (χ2v) is 5.07. The Morgan fingerprint density at radius 3 is 2.57 bits per heavy atom. The number of hydrogen-bond acceptors (Lipinski definition) is 2. The van der Waals surface area contributed by atoms with Gasteiger partial charge in [0.25, 0.3) is 5.91 Å². The van der Waals surface area contributed by atoms with E-state index in [4.69, 9.17) is 0 Å². The van der Waals surface area contributed by atoms with Gasteiger partial charge in [0.2, 0.25) is 0 Å². The number of carbonyl (C=O) groups excluding carboxylic acids is 1. The Morgan fingerprint density at radius 2 is 1.86 bits per heavy atom. The SMILES string of the molecule is CCNc1cc(C)ccc1C(=O)NCCc1ccccc1. The van der Waals surface area contributed by atoms with E-state index >= 15 is 0 Å². The van der Waals surface area contributed by atoms with Gasteiger partial charge in [0.15, 0.2) is 0 Å². The highest BCUT2D eigenvalue weighted by Gasteiger charge is 2.10. The summed E-state index contributed by atoms with van der Waals surface area (Å²) in [7, 11) is 0. The second kappa shape index (κ2) is 7.48. The van der Waals surface area contributed by atoms with Crippen LogP contribution in [0.4, 0.5) is 5.69 Å². The average Bonchev–Trinajstić information content (AvgIpc) is 2.49. The van der Waals surface area contributed by atoms with Crippen LogP contribution in [-0.2, 0) is 6.42 Å². The Hall–Kier alpha value is -2.29. The number of hydrogen-bond donors (Lipinski definition) is 2. The van der Waals surface area contributed by atoms with E-state index in [0.717, 1.165) is 24.2 Å². The lowest BCUT2D eigenvalue weighted by Gasteiger charge is -2.12. The molecule has 0 heterocycles. The molecule has 110 valence electrons. The molecule has 0 aliphatic rings. The first-order valence-corrected chi connectivity index (χ1v) is 7.37. The minimum absolute atomic E-state index is 0.0260. The molecule has 21 heavy (non-hydrogen) atoms. The third kappa shape index (κ3) is 4.35. The summed E-state index contributed by atoms with van der Waals surface area (Å²) in [5, 5.41) is 6.23. The summed E-state index contributed by atoms with van der Waals surface area (Å²) in [6.45, 7) is 5.49. The van der Waals surface area contributed by atoms with Crippen LogP contribution in [0.15, 0.2) is 48.5 Å². The Kier molecular flexibility index (Phi) is 5.38. The topological polar surface area (TPSA) is 41.1 Å². The molecule has 0 saturated carbocycles. The van der Waals surface area contributed by atoms with Crippen LogP contribution in [0.5, 0.6) is 0 Å². The molecule has 0 aliphatic carbocycles. The highest BCUT2D eigenvalue weighted by molar-refractivity contribution is 5.99. The van der Waals surface area contributed by atoms with Gasteiger partial charge < -0.3 is 10.6 Å². The molecule has 0 aliphatic heterocycles. The number of carbonyl (C=O) groups is 1. The van der Waals surface area contributed by atoms with E-state index in [9.17, 15) is 4.79 Å². The van der Waals surface area contributed by atoms with Crippen LogP contribution in [0.2, 0.25) is 0 Å². The zero-order valence-electron chi connectivity index (χ0n) is 12.6. The van der Waals surface area contributed by atoms with Crippen molar-refractivity contribution in [2.24, 2.45) is 0 Å². The summed E-state index contributed by atoms with van der Waals surface area (Å²) in [6.07, 6.45) is 0.842. The van der Waals surface area contributed by atoms with Crippen LogP contribution in [-0.4, -0.2) is 19.0 Å². The molecule has 0 fully saturated rings. The largest absolute Gasteiger partial charge is 0.385 e. The van der Waals surface area contributed by atoms with E-state index in [1.54, 1.807) is 0 Å². The molecule has 2 rings (SSSR count). The molecule has 0 atom stereocenters. The summed E-state index contributed by atoms with van der Waals surface area (Å²) >= 11 is 0. The highest BCUT2D eigenvalue weighted by Crippen LogP contribution is 2.17. The van der Waals surface area contributed by atoms with Gasteiger partial charge in [-0.1, -0.05) is 36.4 Å². The molecule has 0 spiro atoms. The summed E-state index contributed by atoms with van der Waals surface area (Å²) < 4.78 is 0. The molecule has 0 unspecified atom stereocenters. The third-order valence-corrected chi connectivity index (χ3v) is 3.33. The Morgan fingerprint density at radius 1 is 1.10 bits per heavy atom. The first kappa shape index (κ1) is 15.1. The smallest absolute Gasteiger partial charge is 0.253 e. The van der Waals surface area contributed by atoms with Crippen LogP contribution >= 0.6 is 0 Å². The normalized spacial score (nSPS) is 10.2. The van der Waals surface area contributed by atoms with Crippen LogP contribution < -0.4 is 10.6 Å². The number of aryl methyl sites for hydroxylation is 1. The predicted molar refractivity (Wildman–Crippen MR) is 87.8 cm³/mol. The van der Waals surface area contributed by atoms with E-state index in [1.165, 1.54) is 5.56 Å². The molecular formula is C18H22N2O. The molecule has 2 aromatic rings. The molecule has 0 aromatic heterocycles. The van der Waals surface area contributed by atoms with E-state index in [2.05, 4.69) is 22.8 Å². The fraction of sp³-hybridized carbons (Fsp3) is 0.278. The second-order valence-electron chi connectivity index (χ2n) is 5.07. The highest BCUT2D eigenvalue weighted by atomic mass is 16.1. The number of amides is 1. The van der Waals surface area contributed by atoms with Crippen molar-refractivity contribution in [3.63, 3.8) is 0 Å². The Labute approximate surface area is 126 Å². The molecule has 3 heteroatoms. The Balaban J connectivity index is 1.97. The van der Waals surface area contributed by atoms with Crippen molar-refractivity contribution in [2.75, 3.05) is 18.4 Å². The van der Waals surface area contributed by atoms with Crippen LogP contribution in [0.1, 0.15) is 28.4 Å². The maximum atomic E-state index is 12.3. The van der Waals surface area contributed by atoms with Gasteiger partial charge in [0.05, 0.1) is 5.56 Å². The molecule has 2 N–H and O–H groups in total. The van der Waals surface area contributed by atoms with Gasteiger partial charge in [-0.05, 0) is 43.5 Å². The maximum absolute atomic E-state index is 12.3. The molecule has 0 saturated heterocycles. The van der Waals surface area contributed by atoms with Crippen molar-refractivity contribution in [1.82, 2.24) is 5.32 Å². The van der Waals surface area contributed by atoms with Crippen molar-refractivity contribution in [1.29, 1.82) is 0 Å². The number of nitrogens with one attached hydrogen (secondary N) is 2. The molecule has 0 radical (unpaired) electrons. The first-order valence-electron chi connectivity index (χ1n) is 7.37. The van der Waals surface area contributed by atoms with Gasteiger partial charge in [-0.3, -0.25) is 4.79 Å². The van der Waals surface area contributed by atoms with Crippen molar-refractivity contribution in [3.05, 3.63) is 65.2 Å². The first-order chi connectivity index (χ1) is 10.2. The monoisotopic (exact) mass is 282 g/mol. The molecule has 0 bridgehead atoms. The lowest BCUT2D eigenvalue weighted by atomic mass is 10.1. The van der Waals surface area contributed by atoms with Crippen LogP contribution in [0.3, 0.4) is 0 Å². The summed E-state index contributed by atoms with van der Waals surface area (Å²) in [5.41, 5.74) is 3.98. The third-order valence-electron chi connectivity index (χ3n) is 3.33. The van der Waals surface area contributed by atoms with Crippen molar-refractivity contribution >= 4 is 11.6 Å². The fourth-order valence-electron chi connectivity index (χ4n) is 2.25. The quantitative estimate of drug-likeness (QED) is 0.852. The van der Waals surface area contributed by atoms with Gasteiger partial charge in [-0.2, -0.15) is 0 Å². The Bertz CT molecular complexity index is 593. The van der Waals surface area contributed by atoms with E-state index < -0.39 is 0 Å². The number of anilines is 1. The van der Waals surface area contributed by atoms with Crippen molar-refractivity contribution < 1.29 is 4.79 Å². The van der Waals surface area contributed by atoms with E-state index in [0.29, 0.717) is 12.1 Å². The van der Waals surface area contributed by atoms with Crippen molar-refractivity contribution in [2.45, 2.75) is 20.3 Å². The summed E-state index contributed by atoms with van der Waals surface area (Å²) in [5.74, 6) is -0.0260. The average molecular weight is 282 g/mol. The lowest BCUT2D eigenvalue weighted by molar-refractivity contribution is 0.0955. The molecule has 1 amide bonds. The molecular weight excluding hydrogens is 260 g/mol. The summed E-state index contributed by atoms with van der Waals surface area (Å²) in [6, 6.07) is 16.0. The minimum atomic E-state index is -0.0260. The van der Waals surface area contributed by atoms with Gasteiger partial charge in [0.1, 0.15) is 0 Å². The van der Waals surface area contributed by atoms with E-state index in [1.807, 2.05) is 50.2 Å². The van der Waals surface area contributed by atoms with E-state index in [-0.39, 0.29) is 5.91 Å².